The Morgan fingerprint density at radius 2 is 1.93 bits per heavy atom. The van der Waals surface area contributed by atoms with E-state index in [2.05, 4.69) is 38.3 Å². The number of aryl methyl sites for hydroxylation is 1. The number of ether oxygens (including phenoxy) is 1. The van der Waals surface area contributed by atoms with Crippen LogP contribution in [0.1, 0.15) is 39.3 Å². The van der Waals surface area contributed by atoms with Crippen LogP contribution in [-0.4, -0.2) is 78.6 Å². The molecule has 0 unspecified atom stereocenters. The van der Waals surface area contributed by atoms with Gasteiger partial charge in [0.05, 0.1) is 17.9 Å². The molecule has 2 fully saturated rings. The number of hydrogen-bond donors (Lipinski definition) is 0. The minimum absolute atomic E-state index is 0.0366. The molecule has 0 aliphatic carbocycles. The van der Waals surface area contributed by atoms with Crippen molar-refractivity contribution in [2.45, 2.75) is 31.8 Å². The number of amides is 1. The summed E-state index contributed by atoms with van der Waals surface area (Å²) in [7, 11) is 2.13. The zero-order chi connectivity index (χ0) is 20.7. The summed E-state index contributed by atoms with van der Waals surface area (Å²) < 4.78 is 6.28. The number of hydrogen-bond acceptors (Lipinski definition) is 7. The fraction of sp³-hybridized carbons (Fsp3) is 0.591. The van der Waals surface area contributed by atoms with Crippen LogP contribution >= 0.6 is 11.3 Å². The standard InChI is InChI=1S/C22H29N5O2S/c1-16-18(15-23-21(24-16)27-11-9-25(2)10-12-27)20(28)26-7-5-22(6-8-26)19-17(3-13-29-22)4-14-30-19/h4,14-15H,3,5-13H2,1-2H3. The number of anilines is 1. The number of likely N-dealkylation sites (N-methyl/N-ethyl adjacent to an activating group) is 1. The molecule has 0 radical (unpaired) electrons. The predicted octanol–water partition coefficient (Wildman–Crippen LogP) is 2.30. The van der Waals surface area contributed by atoms with Crippen LogP contribution in [-0.2, 0) is 16.8 Å². The van der Waals surface area contributed by atoms with Crippen LogP contribution in [0.15, 0.2) is 17.6 Å². The lowest BCUT2D eigenvalue weighted by Gasteiger charge is -2.43. The van der Waals surface area contributed by atoms with Gasteiger partial charge in [0.1, 0.15) is 5.60 Å². The third kappa shape index (κ3) is 3.50. The largest absolute Gasteiger partial charge is 0.369 e. The van der Waals surface area contributed by atoms with Gasteiger partial charge in [0.25, 0.3) is 5.91 Å². The molecule has 0 saturated carbocycles. The van der Waals surface area contributed by atoms with Gasteiger partial charge in [-0.05, 0) is 50.2 Å². The zero-order valence-corrected chi connectivity index (χ0v) is 18.6. The number of carbonyl (C=O) groups excluding carboxylic acids is 1. The second kappa shape index (κ2) is 7.90. The van der Waals surface area contributed by atoms with E-state index >= 15 is 0 Å². The van der Waals surface area contributed by atoms with Gasteiger partial charge in [-0.1, -0.05) is 0 Å². The molecular weight excluding hydrogens is 398 g/mol. The van der Waals surface area contributed by atoms with E-state index in [1.807, 2.05) is 11.8 Å². The molecule has 2 aromatic heterocycles. The molecule has 5 rings (SSSR count). The second-order valence-corrected chi connectivity index (χ2v) is 9.54. The molecule has 0 atom stereocenters. The molecule has 1 spiro atoms. The summed E-state index contributed by atoms with van der Waals surface area (Å²) in [6.07, 6.45) is 4.42. The Bertz CT molecular complexity index is 929. The van der Waals surface area contributed by atoms with Gasteiger partial charge in [-0.3, -0.25) is 4.79 Å². The number of rotatable bonds is 2. The van der Waals surface area contributed by atoms with Crippen molar-refractivity contribution in [3.8, 4) is 0 Å². The molecule has 5 heterocycles. The number of fused-ring (bicyclic) bond motifs is 2. The Morgan fingerprint density at radius 1 is 1.17 bits per heavy atom. The third-order valence-electron chi connectivity index (χ3n) is 6.75. The van der Waals surface area contributed by atoms with Crippen LogP contribution in [0.5, 0.6) is 0 Å². The van der Waals surface area contributed by atoms with Crippen LogP contribution in [0, 0.1) is 6.92 Å². The topological polar surface area (TPSA) is 61.8 Å². The number of nitrogens with zero attached hydrogens (tertiary/aromatic N) is 5. The predicted molar refractivity (Wildman–Crippen MR) is 117 cm³/mol. The number of piperazine rings is 1. The van der Waals surface area contributed by atoms with Crippen molar-refractivity contribution >= 4 is 23.2 Å². The number of thiophene rings is 1. The minimum Gasteiger partial charge on any atom is -0.369 e. The lowest BCUT2D eigenvalue weighted by molar-refractivity contribution is -0.0906. The lowest BCUT2D eigenvalue weighted by Crippen LogP contribution is -2.48. The fourth-order valence-electron chi connectivity index (χ4n) is 4.79. The van der Waals surface area contributed by atoms with E-state index in [-0.39, 0.29) is 11.5 Å². The van der Waals surface area contributed by atoms with Crippen molar-refractivity contribution in [1.82, 2.24) is 19.8 Å². The highest BCUT2D eigenvalue weighted by Crippen LogP contribution is 2.44. The number of piperidine rings is 1. The van der Waals surface area contributed by atoms with Crippen molar-refractivity contribution in [3.05, 3.63) is 39.3 Å². The summed E-state index contributed by atoms with van der Waals surface area (Å²) in [5.74, 6) is 0.769. The van der Waals surface area contributed by atoms with Gasteiger partial charge in [0, 0.05) is 50.3 Å². The Labute approximate surface area is 181 Å². The zero-order valence-electron chi connectivity index (χ0n) is 17.8. The first-order valence-corrected chi connectivity index (χ1v) is 11.7. The second-order valence-electron chi connectivity index (χ2n) is 8.62. The fourth-order valence-corrected chi connectivity index (χ4v) is 5.96. The van der Waals surface area contributed by atoms with Gasteiger partial charge in [-0.15, -0.1) is 11.3 Å². The Hall–Kier alpha value is -2.03. The maximum atomic E-state index is 13.2. The van der Waals surface area contributed by atoms with Crippen LogP contribution < -0.4 is 4.90 Å². The Morgan fingerprint density at radius 3 is 2.67 bits per heavy atom. The highest BCUT2D eigenvalue weighted by atomic mass is 32.1. The average molecular weight is 428 g/mol. The normalized spacial score (nSPS) is 21.7. The van der Waals surface area contributed by atoms with E-state index in [0.29, 0.717) is 18.7 Å². The van der Waals surface area contributed by atoms with Crippen molar-refractivity contribution in [2.24, 2.45) is 0 Å². The summed E-state index contributed by atoms with van der Waals surface area (Å²) >= 11 is 1.80. The van der Waals surface area contributed by atoms with Crippen LogP contribution in [0.3, 0.4) is 0 Å². The summed E-state index contributed by atoms with van der Waals surface area (Å²) in [6.45, 7) is 7.95. The molecule has 2 aromatic rings. The van der Waals surface area contributed by atoms with E-state index in [4.69, 9.17) is 4.74 Å². The SMILES string of the molecule is Cc1nc(N2CCN(C)CC2)ncc1C(=O)N1CCC2(CC1)OCCc1ccsc12. The molecule has 2 saturated heterocycles. The van der Waals surface area contributed by atoms with E-state index in [0.717, 1.165) is 63.7 Å². The van der Waals surface area contributed by atoms with Gasteiger partial charge in [0.15, 0.2) is 0 Å². The molecular formula is C22H29N5O2S. The maximum absolute atomic E-state index is 13.2. The highest BCUT2D eigenvalue weighted by Gasteiger charge is 2.42. The first-order chi connectivity index (χ1) is 14.6. The molecule has 0 N–H and O–H groups in total. The number of carbonyl (C=O) groups is 1. The van der Waals surface area contributed by atoms with E-state index < -0.39 is 0 Å². The summed E-state index contributed by atoms with van der Waals surface area (Å²) in [5, 5.41) is 2.17. The van der Waals surface area contributed by atoms with Gasteiger partial charge < -0.3 is 19.4 Å². The minimum atomic E-state index is -0.199. The first-order valence-electron chi connectivity index (χ1n) is 10.8. The molecule has 0 aromatic carbocycles. The molecule has 1 amide bonds. The van der Waals surface area contributed by atoms with Crippen molar-refractivity contribution < 1.29 is 9.53 Å². The van der Waals surface area contributed by atoms with Crippen molar-refractivity contribution in [1.29, 1.82) is 0 Å². The Kier molecular flexibility index (Phi) is 5.24. The van der Waals surface area contributed by atoms with Crippen LogP contribution in [0.25, 0.3) is 0 Å². The van der Waals surface area contributed by atoms with E-state index in [1.165, 1.54) is 10.4 Å². The maximum Gasteiger partial charge on any atom is 0.257 e. The number of likely N-dealkylation sites (tertiary alicyclic amines) is 1. The molecule has 0 bridgehead atoms. The summed E-state index contributed by atoms with van der Waals surface area (Å²) in [4.78, 5) is 30.2. The molecule has 3 aliphatic heterocycles. The van der Waals surface area contributed by atoms with Gasteiger partial charge >= 0.3 is 0 Å². The first kappa shape index (κ1) is 19.9. The molecule has 8 heteroatoms. The van der Waals surface area contributed by atoms with E-state index in [9.17, 15) is 4.79 Å². The lowest BCUT2D eigenvalue weighted by atomic mass is 9.85. The van der Waals surface area contributed by atoms with E-state index in [1.54, 1.807) is 17.5 Å². The Balaban J connectivity index is 1.27. The average Bonchev–Trinajstić information content (AvgIpc) is 3.25. The van der Waals surface area contributed by atoms with Crippen LogP contribution in [0.2, 0.25) is 0 Å². The summed E-state index contributed by atoms with van der Waals surface area (Å²) in [6, 6.07) is 2.23. The molecule has 30 heavy (non-hydrogen) atoms. The van der Waals surface area contributed by atoms with Crippen molar-refractivity contribution in [2.75, 3.05) is 57.8 Å². The molecule has 160 valence electrons. The third-order valence-corrected chi connectivity index (χ3v) is 7.89. The highest BCUT2D eigenvalue weighted by molar-refractivity contribution is 7.10. The van der Waals surface area contributed by atoms with Gasteiger partial charge in [-0.25, -0.2) is 9.97 Å². The van der Waals surface area contributed by atoms with Crippen molar-refractivity contribution in [3.63, 3.8) is 0 Å². The van der Waals surface area contributed by atoms with Gasteiger partial charge in [0.2, 0.25) is 5.95 Å². The van der Waals surface area contributed by atoms with Gasteiger partial charge in [-0.2, -0.15) is 0 Å². The quantitative estimate of drug-likeness (QED) is 0.733. The molecule has 7 nitrogen and oxygen atoms in total. The smallest absolute Gasteiger partial charge is 0.257 e. The summed E-state index contributed by atoms with van der Waals surface area (Å²) in [5.41, 5.74) is 2.61. The molecule has 3 aliphatic rings. The number of aromatic nitrogens is 2. The van der Waals surface area contributed by atoms with Crippen LogP contribution in [0.4, 0.5) is 5.95 Å². The monoisotopic (exact) mass is 427 g/mol.